The summed E-state index contributed by atoms with van der Waals surface area (Å²) in [5, 5.41) is 14.5. The molecule has 2 aromatic carbocycles. The first-order chi connectivity index (χ1) is 15.5. The van der Waals surface area contributed by atoms with Gasteiger partial charge in [-0.15, -0.1) is 0 Å². The molecule has 1 aromatic heterocycles. The number of nitrogens with zero attached hydrogens (tertiary/aromatic N) is 4. The van der Waals surface area contributed by atoms with Gasteiger partial charge < -0.3 is 10.0 Å². The van der Waals surface area contributed by atoms with E-state index in [1.165, 1.54) is 4.57 Å². The molecular formula is C24H28N4O4. The molecular weight excluding hydrogens is 408 g/mol. The summed E-state index contributed by atoms with van der Waals surface area (Å²) in [5.74, 6) is -0.0566. The van der Waals surface area contributed by atoms with Crippen LogP contribution >= 0.6 is 0 Å². The van der Waals surface area contributed by atoms with E-state index in [4.69, 9.17) is 4.52 Å². The second kappa shape index (κ2) is 9.93. The Morgan fingerprint density at radius 1 is 1.03 bits per heavy atom. The maximum Gasteiger partial charge on any atom is 0.441 e. The number of amides is 1. The molecule has 0 radical (unpaired) electrons. The number of aliphatic hydroxyl groups excluding tert-OH is 1. The van der Waals surface area contributed by atoms with Gasteiger partial charge in [0, 0.05) is 38.3 Å². The van der Waals surface area contributed by atoms with Gasteiger partial charge in [-0.2, -0.15) is 0 Å². The third-order valence-corrected chi connectivity index (χ3v) is 5.91. The Morgan fingerprint density at radius 2 is 1.72 bits per heavy atom. The van der Waals surface area contributed by atoms with E-state index < -0.39 is 11.9 Å². The number of carbonyl (C=O) groups is 1. The smallest absolute Gasteiger partial charge is 0.390 e. The molecule has 1 aliphatic rings. The van der Waals surface area contributed by atoms with Gasteiger partial charge in [0.1, 0.15) is 0 Å². The normalized spacial score (nSPS) is 15.6. The van der Waals surface area contributed by atoms with Gasteiger partial charge in [0.25, 0.3) is 0 Å². The Morgan fingerprint density at radius 3 is 2.44 bits per heavy atom. The molecule has 2 heterocycles. The number of hydrogen-bond donors (Lipinski definition) is 1. The van der Waals surface area contributed by atoms with Crippen molar-refractivity contribution in [2.45, 2.75) is 26.0 Å². The van der Waals surface area contributed by atoms with E-state index in [0.29, 0.717) is 45.0 Å². The lowest BCUT2D eigenvalue weighted by Gasteiger charge is -2.35. The first-order valence-electron chi connectivity index (χ1n) is 10.9. The second-order valence-corrected chi connectivity index (χ2v) is 8.19. The zero-order chi connectivity index (χ0) is 22.5. The SMILES string of the molecule is Cc1ccccc1CC(=O)N1CCN(CC(O)Cn2c(-c3ccccc3)noc2=O)CC1. The summed E-state index contributed by atoms with van der Waals surface area (Å²) in [5.41, 5.74) is 2.94. The van der Waals surface area contributed by atoms with E-state index in [1.807, 2.05) is 66.4 Å². The minimum atomic E-state index is -0.760. The molecule has 8 heteroatoms. The van der Waals surface area contributed by atoms with Crippen LogP contribution in [0.5, 0.6) is 0 Å². The predicted molar refractivity (Wildman–Crippen MR) is 120 cm³/mol. The lowest BCUT2D eigenvalue weighted by atomic mass is 10.1. The van der Waals surface area contributed by atoms with Crippen LogP contribution in [0, 0.1) is 6.92 Å². The maximum atomic E-state index is 12.7. The third-order valence-electron chi connectivity index (χ3n) is 5.91. The first-order valence-corrected chi connectivity index (χ1v) is 10.9. The van der Waals surface area contributed by atoms with Crippen molar-refractivity contribution in [1.29, 1.82) is 0 Å². The quantitative estimate of drug-likeness (QED) is 0.604. The van der Waals surface area contributed by atoms with Crippen molar-refractivity contribution in [3.05, 3.63) is 76.3 Å². The highest BCUT2D eigenvalue weighted by Gasteiger charge is 2.24. The molecule has 4 rings (SSSR count). The molecule has 0 saturated carbocycles. The fourth-order valence-electron chi connectivity index (χ4n) is 4.05. The van der Waals surface area contributed by atoms with E-state index >= 15 is 0 Å². The zero-order valence-electron chi connectivity index (χ0n) is 18.2. The molecule has 0 bridgehead atoms. The second-order valence-electron chi connectivity index (χ2n) is 8.19. The van der Waals surface area contributed by atoms with Crippen molar-refractivity contribution in [1.82, 2.24) is 19.5 Å². The van der Waals surface area contributed by atoms with Crippen LogP contribution in [0.15, 0.2) is 63.9 Å². The monoisotopic (exact) mass is 436 g/mol. The minimum Gasteiger partial charge on any atom is -0.390 e. The van der Waals surface area contributed by atoms with Gasteiger partial charge in [-0.25, -0.2) is 4.79 Å². The summed E-state index contributed by atoms with van der Waals surface area (Å²) in [6.45, 7) is 5.14. The van der Waals surface area contributed by atoms with E-state index in [2.05, 4.69) is 10.1 Å². The Labute approximate surface area is 186 Å². The number of carbonyl (C=O) groups excluding carboxylic acids is 1. The molecule has 0 spiro atoms. The number of rotatable bonds is 7. The number of aromatic nitrogens is 2. The summed E-state index contributed by atoms with van der Waals surface area (Å²) >= 11 is 0. The molecule has 3 aromatic rings. The molecule has 1 N–H and O–H groups in total. The number of aryl methyl sites for hydroxylation is 1. The van der Waals surface area contributed by atoms with Crippen LogP contribution in [0.4, 0.5) is 0 Å². The molecule has 1 unspecified atom stereocenters. The molecule has 1 fully saturated rings. The van der Waals surface area contributed by atoms with Gasteiger partial charge in [0.2, 0.25) is 5.91 Å². The van der Waals surface area contributed by atoms with Crippen LogP contribution < -0.4 is 5.76 Å². The van der Waals surface area contributed by atoms with Crippen molar-refractivity contribution >= 4 is 5.91 Å². The van der Waals surface area contributed by atoms with Crippen LogP contribution in [0.3, 0.4) is 0 Å². The highest BCUT2D eigenvalue weighted by molar-refractivity contribution is 5.79. The lowest BCUT2D eigenvalue weighted by Crippen LogP contribution is -2.51. The van der Waals surface area contributed by atoms with Crippen molar-refractivity contribution in [3.8, 4) is 11.4 Å². The largest absolute Gasteiger partial charge is 0.441 e. The number of benzene rings is 2. The van der Waals surface area contributed by atoms with E-state index in [9.17, 15) is 14.7 Å². The summed E-state index contributed by atoms with van der Waals surface area (Å²) in [4.78, 5) is 28.8. The lowest BCUT2D eigenvalue weighted by molar-refractivity contribution is -0.132. The summed E-state index contributed by atoms with van der Waals surface area (Å²) < 4.78 is 6.19. The average molecular weight is 437 g/mol. The van der Waals surface area contributed by atoms with Crippen molar-refractivity contribution in [2.75, 3.05) is 32.7 Å². The van der Waals surface area contributed by atoms with Gasteiger partial charge in [0.15, 0.2) is 5.82 Å². The predicted octanol–water partition coefficient (Wildman–Crippen LogP) is 1.56. The fourth-order valence-corrected chi connectivity index (χ4v) is 4.05. The number of hydrogen-bond acceptors (Lipinski definition) is 6. The van der Waals surface area contributed by atoms with E-state index in [0.717, 1.165) is 16.7 Å². The fraction of sp³-hybridized carbons (Fsp3) is 0.375. The van der Waals surface area contributed by atoms with E-state index in [-0.39, 0.29) is 12.5 Å². The summed E-state index contributed by atoms with van der Waals surface area (Å²) in [6.07, 6.45) is -0.350. The molecule has 32 heavy (non-hydrogen) atoms. The molecule has 1 aliphatic heterocycles. The Hall–Kier alpha value is -3.23. The summed E-state index contributed by atoms with van der Waals surface area (Å²) in [7, 11) is 0. The highest BCUT2D eigenvalue weighted by atomic mass is 16.5. The number of piperazine rings is 1. The molecule has 168 valence electrons. The summed E-state index contributed by atoms with van der Waals surface area (Å²) in [6, 6.07) is 17.2. The molecule has 8 nitrogen and oxygen atoms in total. The molecule has 1 saturated heterocycles. The van der Waals surface area contributed by atoms with Crippen LogP contribution in [0.2, 0.25) is 0 Å². The zero-order valence-corrected chi connectivity index (χ0v) is 18.2. The van der Waals surface area contributed by atoms with Crippen molar-refractivity contribution in [3.63, 3.8) is 0 Å². The van der Waals surface area contributed by atoms with Gasteiger partial charge in [-0.1, -0.05) is 59.8 Å². The maximum absolute atomic E-state index is 12.7. The molecule has 1 atom stereocenters. The highest BCUT2D eigenvalue weighted by Crippen LogP contribution is 2.16. The van der Waals surface area contributed by atoms with Gasteiger partial charge in [-0.3, -0.25) is 18.8 Å². The van der Waals surface area contributed by atoms with Crippen molar-refractivity contribution in [2.24, 2.45) is 0 Å². The van der Waals surface area contributed by atoms with Crippen LogP contribution in [-0.2, 0) is 17.8 Å². The van der Waals surface area contributed by atoms with Crippen LogP contribution in [-0.4, -0.2) is 69.4 Å². The third kappa shape index (κ3) is 5.15. The Bertz CT molecular complexity index is 1100. The molecule has 0 aliphatic carbocycles. The van der Waals surface area contributed by atoms with Crippen molar-refractivity contribution < 1.29 is 14.4 Å². The van der Waals surface area contributed by atoms with E-state index in [1.54, 1.807) is 0 Å². The van der Waals surface area contributed by atoms with Gasteiger partial charge in [0.05, 0.1) is 19.1 Å². The van der Waals surface area contributed by atoms with Gasteiger partial charge in [-0.05, 0) is 18.1 Å². The topological polar surface area (TPSA) is 91.8 Å². The number of β-amino-alcohol motifs (C(OH)–C–C–N with tert-alkyl or cyclic N) is 1. The van der Waals surface area contributed by atoms with Crippen LogP contribution in [0.25, 0.3) is 11.4 Å². The van der Waals surface area contributed by atoms with Crippen LogP contribution in [0.1, 0.15) is 11.1 Å². The minimum absolute atomic E-state index is 0.0962. The Kier molecular flexibility index (Phi) is 6.82. The standard InChI is InChI=1S/C24H28N4O4/c1-18-7-5-6-10-20(18)15-22(30)27-13-11-26(12-14-27)16-21(29)17-28-23(25-32-24(28)31)19-8-3-2-4-9-19/h2-10,21,29H,11-17H2,1H3. The first kappa shape index (κ1) is 22.0. The average Bonchev–Trinajstić information content (AvgIpc) is 3.16. The van der Waals surface area contributed by atoms with Gasteiger partial charge >= 0.3 is 5.76 Å². The Balaban J connectivity index is 1.30. The number of aliphatic hydroxyl groups is 1. The molecule has 1 amide bonds.